The molecule has 0 aliphatic carbocycles. The van der Waals surface area contributed by atoms with Crippen LogP contribution in [0.5, 0.6) is 17.2 Å². The van der Waals surface area contributed by atoms with Crippen LogP contribution < -0.4 is 30.6 Å². The molecule has 0 fully saturated rings. The molecule has 1 atom stereocenters. The van der Waals surface area contributed by atoms with Crippen molar-refractivity contribution in [3.8, 4) is 17.2 Å². The van der Waals surface area contributed by atoms with Crippen molar-refractivity contribution in [3.05, 3.63) is 84.1 Å². The molecule has 3 aromatic carbocycles. The molecule has 9 heteroatoms. The number of nitrogens with two attached hydrogens (primary N) is 1. The molecule has 1 heterocycles. The normalized spacial score (nSPS) is 11.6. The smallest absolute Gasteiger partial charge is 0.266 e. The number of nitrogens with one attached hydrogen (secondary N) is 2. The number of hydrogen-bond donors (Lipinski definition) is 3. The molecule has 9 nitrogen and oxygen atoms in total. The van der Waals surface area contributed by atoms with Crippen molar-refractivity contribution in [3.63, 3.8) is 0 Å². The Labute approximate surface area is 233 Å². The van der Waals surface area contributed by atoms with E-state index in [4.69, 9.17) is 19.9 Å². The third-order valence-corrected chi connectivity index (χ3v) is 5.91. The fourth-order valence-electron chi connectivity index (χ4n) is 4.21. The molecule has 4 rings (SSSR count). The van der Waals surface area contributed by atoms with Gasteiger partial charge in [0.2, 0.25) is 12.0 Å². The van der Waals surface area contributed by atoms with Crippen LogP contribution in [-0.2, 0) is 16.1 Å². The number of benzene rings is 3. The lowest BCUT2D eigenvalue weighted by molar-refractivity contribution is -0.128. The van der Waals surface area contributed by atoms with Crippen molar-refractivity contribution < 1.29 is 23.8 Å². The number of anilines is 2. The summed E-state index contributed by atoms with van der Waals surface area (Å²) < 4.78 is 18.0. The first-order valence-corrected chi connectivity index (χ1v) is 13.1. The number of carbonyl (C=O) groups is 2. The minimum atomic E-state index is -0.998. The van der Waals surface area contributed by atoms with Gasteiger partial charge in [-0.25, -0.2) is 4.98 Å². The van der Waals surface area contributed by atoms with Crippen molar-refractivity contribution in [2.45, 2.75) is 46.4 Å². The van der Waals surface area contributed by atoms with Gasteiger partial charge < -0.3 is 30.6 Å². The number of aromatic nitrogens is 1. The third-order valence-electron chi connectivity index (χ3n) is 5.91. The number of rotatable bonds is 11. The predicted octanol–water partition coefficient (Wildman–Crippen LogP) is 5.40. The van der Waals surface area contributed by atoms with Crippen LogP contribution in [0.2, 0.25) is 0 Å². The number of pyridine rings is 1. The van der Waals surface area contributed by atoms with E-state index in [1.807, 2.05) is 57.2 Å². The lowest BCUT2D eigenvalue weighted by Gasteiger charge is -2.22. The van der Waals surface area contributed by atoms with E-state index in [9.17, 15) is 9.59 Å². The van der Waals surface area contributed by atoms with Gasteiger partial charge in [-0.1, -0.05) is 18.2 Å². The summed E-state index contributed by atoms with van der Waals surface area (Å²) in [4.78, 5) is 29.2. The zero-order valence-electron chi connectivity index (χ0n) is 23.1. The fraction of sp³-hybridized carbons (Fsp3) is 0.258. The summed E-state index contributed by atoms with van der Waals surface area (Å²) >= 11 is 0. The van der Waals surface area contributed by atoms with Gasteiger partial charge in [-0.3, -0.25) is 9.59 Å². The van der Waals surface area contributed by atoms with Gasteiger partial charge in [0.15, 0.2) is 11.5 Å². The van der Waals surface area contributed by atoms with E-state index in [-0.39, 0.29) is 24.5 Å². The standard InChI is InChI=1S/C31H34N4O5/c1-5-38-28-17-23(9-12-27(28)39-19(2)3)29(40-25-10-11-26-22(16-25)13-14-33-30(26)32)31(37)34-18-21-7-6-8-24(15-21)35-20(4)36/h6-17,19,29H,5,18H2,1-4H3,(H2,32,33)(H,34,37)(H,35,36). The average molecular weight is 543 g/mol. The molecule has 0 radical (unpaired) electrons. The van der Waals surface area contributed by atoms with Gasteiger partial charge in [0.25, 0.3) is 5.91 Å². The minimum Gasteiger partial charge on any atom is -0.490 e. The monoisotopic (exact) mass is 542 g/mol. The van der Waals surface area contributed by atoms with Crippen LogP contribution in [0.15, 0.2) is 72.9 Å². The average Bonchev–Trinajstić information content (AvgIpc) is 2.91. The van der Waals surface area contributed by atoms with Crippen LogP contribution in [0, 0.1) is 0 Å². The maximum Gasteiger partial charge on any atom is 0.266 e. The van der Waals surface area contributed by atoms with Gasteiger partial charge in [0, 0.05) is 36.3 Å². The van der Waals surface area contributed by atoms with Crippen molar-refractivity contribution in [1.29, 1.82) is 0 Å². The summed E-state index contributed by atoms with van der Waals surface area (Å²) in [5, 5.41) is 7.36. The van der Waals surface area contributed by atoms with Crippen LogP contribution in [0.4, 0.5) is 11.5 Å². The van der Waals surface area contributed by atoms with Crippen molar-refractivity contribution in [2.75, 3.05) is 17.7 Å². The first-order valence-electron chi connectivity index (χ1n) is 13.1. The largest absolute Gasteiger partial charge is 0.490 e. The Balaban J connectivity index is 1.64. The Bertz CT molecular complexity index is 1500. The zero-order chi connectivity index (χ0) is 28.6. The molecule has 0 bridgehead atoms. The van der Waals surface area contributed by atoms with Crippen molar-refractivity contribution >= 4 is 34.1 Å². The van der Waals surface area contributed by atoms with Gasteiger partial charge in [0.05, 0.1) is 12.7 Å². The summed E-state index contributed by atoms with van der Waals surface area (Å²) in [6, 6.07) is 19.9. The molecular weight excluding hydrogens is 508 g/mol. The first-order chi connectivity index (χ1) is 19.2. The number of carbonyl (C=O) groups excluding carboxylic acids is 2. The van der Waals surface area contributed by atoms with Crippen LogP contribution >= 0.6 is 0 Å². The third kappa shape index (κ3) is 7.19. The lowest BCUT2D eigenvalue weighted by Crippen LogP contribution is -2.32. The Kier molecular flexibility index (Phi) is 9.06. The molecule has 1 aromatic heterocycles. The molecule has 0 saturated carbocycles. The fourth-order valence-corrected chi connectivity index (χ4v) is 4.21. The molecule has 4 aromatic rings. The number of amides is 2. The summed E-state index contributed by atoms with van der Waals surface area (Å²) in [6.07, 6.45) is 0.582. The molecule has 0 aliphatic heterocycles. The van der Waals surface area contributed by atoms with E-state index in [1.165, 1.54) is 6.92 Å². The van der Waals surface area contributed by atoms with Crippen molar-refractivity contribution in [2.24, 2.45) is 0 Å². The Hall–Kier alpha value is -4.79. The van der Waals surface area contributed by atoms with Crippen LogP contribution in [0.25, 0.3) is 10.8 Å². The second kappa shape index (κ2) is 12.8. The maximum absolute atomic E-state index is 13.6. The molecule has 0 aliphatic rings. The van der Waals surface area contributed by atoms with E-state index in [0.29, 0.717) is 40.9 Å². The van der Waals surface area contributed by atoms with E-state index in [2.05, 4.69) is 15.6 Å². The number of hydrogen-bond acceptors (Lipinski definition) is 7. The first kappa shape index (κ1) is 28.2. The highest BCUT2D eigenvalue weighted by Crippen LogP contribution is 2.34. The Morgan fingerprint density at radius 3 is 2.55 bits per heavy atom. The van der Waals surface area contributed by atoms with Crippen LogP contribution in [-0.4, -0.2) is 29.5 Å². The lowest BCUT2D eigenvalue weighted by atomic mass is 10.1. The maximum atomic E-state index is 13.6. The number of fused-ring (bicyclic) bond motifs is 1. The van der Waals surface area contributed by atoms with Gasteiger partial charge in [0.1, 0.15) is 11.6 Å². The van der Waals surface area contributed by atoms with Gasteiger partial charge in [-0.15, -0.1) is 0 Å². The van der Waals surface area contributed by atoms with E-state index >= 15 is 0 Å². The highest BCUT2D eigenvalue weighted by atomic mass is 16.5. The molecule has 1 unspecified atom stereocenters. The zero-order valence-corrected chi connectivity index (χ0v) is 23.1. The number of ether oxygens (including phenoxy) is 3. The summed E-state index contributed by atoms with van der Waals surface area (Å²) in [7, 11) is 0. The van der Waals surface area contributed by atoms with E-state index < -0.39 is 6.10 Å². The highest BCUT2D eigenvalue weighted by molar-refractivity contribution is 5.92. The van der Waals surface area contributed by atoms with Gasteiger partial charge in [-0.2, -0.15) is 0 Å². The second-order valence-electron chi connectivity index (χ2n) is 9.48. The summed E-state index contributed by atoms with van der Waals surface area (Å²) in [6.45, 7) is 7.87. The molecule has 208 valence electrons. The summed E-state index contributed by atoms with van der Waals surface area (Å²) in [5.41, 5.74) is 8.08. The van der Waals surface area contributed by atoms with Gasteiger partial charge in [-0.05, 0) is 80.3 Å². The van der Waals surface area contributed by atoms with Crippen molar-refractivity contribution in [1.82, 2.24) is 10.3 Å². The van der Waals surface area contributed by atoms with E-state index in [1.54, 1.807) is 36.5 Å². The van der Waals surface area contributed by atoms with Crippen LogP contribution in [0.3, 0.4) is 0 Å². The molecule has 4 N–H and O–H groups in total. The highest BCUT2D eigenvalue weighted by Gasteiger charge is 2.25. The quantitative estimate of drug-likeness (QED) is 0.232. The SMILES string of the molecule is CCOc1cc(C(Oc2ccc3c(N)nccc3c2)C(=O)NCc2cccc(NC(C)=O)c2)ccc1OC(C)C. The van der Waals surface area contributed by atoms with E-state index in [0.717, 1.165) is 16.3 Å². The Morgan fingerprint density at radius 1 is 0.975 bits per heavy atom. The number of nitrogen functional groups attached to an aromatic ring is 1. The molecular formula is C31H34N4O5. The minimum absolute atomic E-state index is 0.0480. The molecule has 2 amide bonds. The predicted molar refractivity (Wildman–Crippen MR) is 155 cm³/mol. The Morgan fingerprint density at radius 2 is 1.80 bits per heavy atom. The topological polar surface area (TPSA) is 125 Å². The molecule has 40 heavy (non-hydrogen) atoms. The van der Waals surface area contributed by atoms with Gasteiger partial charge >= 0.3 is 0 Å². The molecule has 0 spiro atoms. The summed E-state index contributed by atoms with van der Waals surface area (Å²) in [5.74, 6) is 1.50. The second-order valence-corrected chi connectivity index (χ2v) is 9.48. The van der Waals surface area contributed by atoms with Crippen LogP contribution in [0.1, 0.15) is 44.9 Å². The number of nitrogens with zero attached hydrogens (tertiary/aromatic N) is 1. The molecule has 0 saturated heterocycles.